The highest BCUT2D eigenvalue weighted by atomic mass is 16.5. The van der Waals surface area contributed by atoms with Crippen molar-refractivity contribution < 1.29 is 9.53 Å². The molecule has 0 saturated heterocycles. The van der Waals surface area contributed by atoms with Crippen molar-refractivity contribution >= 4 is 5.91 Å². The van der Waals surface area contributed by atoms with Crippen LogP contribution in [0.15, 0.2) is 85.1 Å². The molecule has 1 atom stereocenters. The van der Waals surface area contributed by atoms with Gasteiger partial charge in [0.2, 0.25) is 5.88 Å². The molecule has 164 valence electrons. The maximum Gasteiger partial charge on any atom is 0.251 e. The number of nitrogens with one attached hydrogen (secondary N) is 1. The van der Waals surface area contributed by atoms with Crippen LogP contribution in [0.25, 0.3) is 11.4 Å². The topological polar surface area (TPSA) is 64.1 Å². The fraction of sp³-hybridized carbons (Fsp3) is 0.179. The van der Waals surface area contributed by atoms with Gasteiger partial charge in [-0.2, -0.15) is 4.98 Å². The standard InChI is InChI=1S/C28H25N3O2/c1-19-12-14-21(15-13-19)27-29-17-16-26(31-27)33-23-9-4-8-22(18-23)28(32)30-25-11-5-7-20-6-2-3-10-24(20)25/h2-4,6,8-10,12-18,25H,5,7,11H2,1H3,(H,30,32). The highest BCUT2D eigenvalue weighted by Crippen LogP contribution is 2.30. The fourth-order valence-corrected chi connectivity index (χ4v) is 4.21. The number of fused-ring (bicyclic) bond motifs is 1. The number of rotatable bonds is 5. The van der Waals surface area contributed by atoms with Gasteiger partial charge in [-0.1, -0.05) is 60.2 Å². The van der Waals surface area contributed by atoms with Gasteiger partial charge in [-0.15, -0.1) is 0 Å². The molecule has 1 heterocycles. The molecule has 5 nitrogen and oxygen atoms in total. The molecule has 0 spiro atoms. The normalized spacial score (nSPS) is 14.9. The van der Waals surface area contributed by atoms with Crippen LogP contribution in [0.5, 0.6) is 11.6 Å². The molecular weight excluding hydrogens is 410 g/mol. The average Bonchev–Trinajstić information content (AvgIpc) is 2.85. The molecule has 1 amide bonds. The highest BCUT2D eigenvalue weighted by molar-refractivity contribution is 5.94. The number of carbonyl (C=O) groups is 1. The molecule has 5 rings (SSSR count). The number of aryl methyl sites for hydroxylation is 2. The Morgan fingerprint density at radius 3 is 2.73 bits per heavy atom. The van der Waals surface area contributed by atoms with E-state index in [1.807, 2.05) is 49.4 Å². The van der Waals surface area contributed by atoms with Crippen molar-refractivity contribution in [1.29, 1.82) is 0 Å². The maximum atomic E-state index is 13.0. The monoisotopic (exact) mass is 435 g/mol. The summed E-state index contributed by atoms with van der Waals surface area (Å²) >= 11 is 0. The molecule has 1 aliphatic rings. The summed E-state index contributed by atoms with van der Waals surface area (Å²) in [6, 6.07) is 25.3. The summed E-state index contributed by atoms with van der Waals surface area (Å²) in [7, 11) is 0. The zero-order valence-electron chi connectivity index (χ0n) is 18.5. The third-order valence-corrected chi connectivity index (χ3v) is 5.93. The van der Waals surface area contributed by atoms with E-state index in [2.05, 4.69) is 33.5 Å². The Bertz CT molecular complexity index is 1280. The summed E-state index contributed by atoms with van der Waals surface area (Å²) in [6.07, 6.45) is 4.76. The number of hydrogen-bond donors (Lipinski definition) is 1. The molecule has 4 aromatic rings. The number of amides is 1. The van der Waals surface area contributed by atoms with Crippen molar-refractivity contribution in [3.8, 4) is 23.0 Å². The van der Waals surface area contributed by atoms with Gasteiger partial charge in [0.15, 0.2) is 5.82 Å². The van der Waals surface area contributed by atoms with Crippen molar-refractivity contribution in [2.45, 2.75) is 32.2 Å². The minimum atomic E-state index is -0.106. The van der Waals surface area contributed by atoms with Crippen molar-refractivity contribution in [1.82, 2.24) is 15.3 Å². The van der Waals surface area contributed by atoms with Crippen LogP contribution in [0.4, 0.5) is 0 Å². The van der Waals surface area contributed by atoms with Crippen LogP contribution in [-0.4, -0.2) is 15.9 Å². The Hall–Kier alpha value is -3.99. The molecule has 1 aromatic heterocycles. The average molecular weight is 436 g/mol. The van der Waals surface area contributed by atoms with Crippen LogP contribution in [0.2, 0.25) is 0 Å². The van der Waals surface area contributed by atoms with Gasteiger partial charge >= 0.3 is 0 Å². The summed E-state index contributed by atoms with van der Waals surface area (Å²) in [5.41, 5.74) is 5.20. The van der Waals surface area contributed by atoms with Gasteiger partial charge in [-0.3, -0.25) is 4.79 Å². The third kappa shape index (κ3) is 4.77. The number of nitrogens with zero attached hydrogens (tertiary/aromatic N) is 2. The molecule has 1 N–H and O–H groups in total. The minimum Gasteiger partial charge on any atom is -0.439 e. The summed E-state index contributed by atoms with van der Waals surface area (Å²) in [5.74, 6) is 1.47. The van der Waals surface area contributed by atoms with Crippen molar-refractivity contribution in [3.05, 3.63) is 107 Å². The molecule has 0 bridgehead atoms. The zero-order valence-corrected chi connectivity index (χ0v) is 18.5. The fourth-order valence-electron chi connectivity index (χ4n) is 4.21. The van der Waals surface area contributed by atoms with Crippen molar-refractivity contribution in [2.75, 3.05) is 0 Å². The summed E-state index contributed by atoms with van der Waals surface area (Å²) in [5, 5.41) is 3.20. The van der Waals surface area contributed by atoms with Crippen LogP contribution in [0, 0.1) is 6.92 Å². The summed E-state index contributed by atoms with van der Waals surface area (Å²) in [4.78, 5) is 21.9. The van der Waals surface area contributed by atoms with E-state index in [1.165, 1.54) is 16.7 Å². The van der Waals surface area contributed by atoms with Crippen LogP contribution >= 0.6 is 0 Å². The number of hydrogen-bond acceptors (Lipinski definition) is 4. The Kier molecular flexibility index (Phi) is 5.85. The Balaban J connectivity index is 1.31. The molecular formula is C28H25N3O2. The van der Waals surface area contributed by atoms with Crippen LogP contribution < -0.4 is 10.1 Å². The molecule has 0 fully saturated rings. The van der Waals surface area contributed by atoms with Gasteiger partial charge in [-0.05, 0) is 55.5 Å². The maximum absolute atomic E-state index is 13.0. The van der Waals surface area contributed by atoms with E-state index in [9.17, 15) is 4.79 Å². The molecule has 0 aliphatic heterocycles. The van der Waals surface area contributed by atoms with E-state index in [-0.39, 0.29) is 11.9 Å². The molecule has 3 aromatic carbocycles. The van der Waals surface area contributed by atoms with Gasteiger partial charge in [0.1, 0.15) is 5.75 Å². The van der Waals surface area contributed by atoms with E-state index in [0.717, 1.165) is 24.8 Å². The Morgan fingerprint density at radius 2 is 1.85 bits per heavy atom. The lowest BCUT2D eigenvalue weighted by Crippen LogP contribution is -2.30. The lowest BCUT2D eigenvalue weighted by Gasteiger charge is -2.26. The van der Waals surface area contributed by atoms with Crippen LogP contribution in [0.3, 0.4) is 0 Å². The molecule has 5 heteroatoms. The van der Waals surface area contributed by atoms with Gasteiger partial charge in [-0.25, -0.2) is 4.98 Å². The van der Waals surface area contributed by atoms with E-state index < -0.39 is 0 Å². The largest absolute Gasteiger partial charge is 0.439 e. The first-order valence-corrected chi connectivity index (χ1v) is 11.2. The van der Waals surface area contributed by atoms with Crippen molar-refractivity contribution in [2.24, 2.45) is 0 Å². The Morgan fingerprint density at radius 1 is 1.00 bits per heavy atom. The van der Waals surface area contributed by atoms with E-state index >= 15 is 0 Å². The van der Waals surface area contributed by atoms with E-state index in [1.54, 1.807) is 24.4 Å². The minimum absolute atomic E-state index is 0.0333. The second-order valence-corrected chi connectivity index (χ2v) is 8.33. The van der Waals surface area contributed by atoms with E-state index in [4.69, 9.17) is 4.74 Å². The summed E-state index contributed by atoms with van der Waals surface area (Å²) in [6.45, 7) is 2.04. The zero-order chi connectivity index (χ0) is 22.6. The molecule has 0 saturated carbocycles. The van der Waals surface area contributed by atoms with E-state index in [0.29, 0.717) is 23.0 Å². The first kappa shape index (κ1) is 20.9. The van der Waals surface area contributed by atoms with Crippen molar-refractivity contribution in [3.63, 3.8) is 0 Å². The highest BCUT2D eigenvalue weighted by Gasteiger charge is 2.22. The molecule has 0 radical (unpaired) electrons. The smallest absolute Gasteiger partial charge is 0.251 e. The second kappa shape index (κ2) is 9.25. The second-order valence-electron chi connectivity index (χ2n) is 8.33. The van der Waals surface area contributed by atoms with Gasteiger partial charge < -0.3 is 10.1 Å². The van der Waals surface area contributed by atoms with Gasteiger partial charge in [0.25, 0.3) is 5.91 Å². The molecule has 1 unspecified atom stereocenters. The lowest BCUT2D eigenvalue weighted by atomic mass is 9.87. The quantitative estimate of drug-likeness (QED) is 0.414. The van der Waals surface area contributed by atoms with Gasteiger partial charge in [0.05, 0.1) is 6.04 Å². The summed E-state index contributed by atoms with van der Waals surface area (Å²) < 4.78 is 5.97. The van der Waals surface area contributed by atoms with Crippen LogP contribution in [0.1, 0.15) is 45.9 Å². The predicted molar refractivity (Wildman–Crippen MR) is 128 cm³/mol. The predicted octanol–water partition coefficient (Wildman–Crippen LogP) is 6.05. The first-order valence-electron chi connectivity index (χ1n) is 11.2. The number of ether oxygens (including phenoxy) is 1. The third-order valence-electron chi connectivity index (χ3n) is 5.93. The van der Waals surface area contributed by atoms with Gasteiger partial charge in [0, 0.05) is 23.4 Å². The SMILES string of the molecule is Cc1ccc(-c2nccc(Oc3cccc(C(=O)NC4CCCc5ccccc54)c3)n2)cc1. The van der Waals surface area contributed by atoms with Crippen LogP contribution in [-0.2, 0) is 6.42 Å². The molecule has 1 aliphatic carbocycles. The lowest BCUT2D eigenvalue weighted by molar-refractivity contribution is 0.0932. The Labute approximate surface area is 193 Å². The number of carbonyl (C=O) groups excluding carboxylic acids is 1. The number of benzene rings is 3. The molecule has 33 heavy (non-hydrogen) atoms. The first-order chi connectivity index (χ1) is 16.2. The number of aromatic nitrogens is 2.